The van der Waals surface area contributed by atoms with Gasteiger partial charge in [-0.3, -0.25) is 4.79 Å². The van der Waals surface area contributed by atoms with Gasteiger partial charge in [0.15, 0.2) is 0 Å². The van der Waals surface area contributed by atoms with E-state index in [0.29, 0.717) is 6.54 Å². The van der Waals surface area contributed by atoms with Gasteiger partial charge in [0.1, 0.15) is 0 Å². The molecule has 0 bridgehead atoms. The molecule has 1 aliphatic carbocycles. The van der Waals surface area contributed by atoms with Crippen LogP contribution in [-0.2, 0) is 4.79 Å². The van der Waals surface area contributed by atoms with Gasteiger partial charge in [0.2, 0.25) is 5.91 Å². The molecule has 1 aliphatic heterocycles. The van der Waals surface area contributed by atoms with E-state index in [4.69, 9.17) is 0 Å². The summed E-state index contributed by atoms with van der Waals surface area (Å²) in [5.41, 5.74) is 2.03. The molecule has 0 aromatic rings. The third kappa shape index (κ3) is 1.13. The molecule has 2 rings (SSSR count). The molecular weight excluding hydrogens is 140 g/mol. The molecule has 1 amide bonds. The van der Waals surface area contributed by atoms with Crippen LogP contribution in [0, 0.1) is 0 Å². The molecule has 1 saturated heterocycles. The first kappa shape index (κ1) is 6.46. The highest BCUT2D eigenvalue weighted by molar-refractivity contribution is 5.82. The molecule has 3 nitrogen and oxygen atoms in total. The summed E-state index contributed by atoms with van der Waals surface area (Å²) in [4.78, 5) is 10.9. The first-order valence-electron chi connectivity index (χ1n) is 3.81. The molecule has 58 valence electrons. The van der Waals surface area contributed by atoms with Gasteiger partial charge in [-0.2, -0.15) is 0 Å². The summed E-state index contributed by atoms with van der Waals surface area (Å²) < 4.78 is 0. The molecule has 2 N–H and O–H groups in total. The number of amides is 1. The lowest BCUT2D eigenvalue weighted by molar-refractivity contribution is -0.119. The van der Waals surface area contributed by atoms with Crippen molar-refractivity contribution in [2.45, 2.75) is 12.8 Å². The molecule has 0 spiro atoms. The van der Waals surface area contributed by atoms with E-state index < -0.39 is 0 Å². The smallest absolute Gasteiger partial charge is 0.243 e. The van der Waals surface area contributed by atoms with Gasteiger partial charge in [0.05, 0.1) is 17.9 Å². The predicted molar refractivity (Wildman–Crippen MR) is 41.5 cm³/mol. The van der Waals surface area contributed by atoms with Crippen LogP contribution in [-0.4, -0.2) is 12.5 Å². The summed E-state index contributed by atoms with van der Waals surface area (Å²) in [6, 6.07) is 0. The standard InChI is InChI=1S/C8H10N2O/c11-8-5-9-6-3-1-2-4-7(6)10-8/h3-4,9H,1-2,5H2,(H,10,11). The maximum atomic E-state index is 10.9. The Balaban J connectivity index is 2.22. The fourth-order valence-corrected chi connectivity index (χ4v) is 1.33. The lowest BCUT2D eigenvalue weighted by Crippen LogP contribution is -2.42. The van der Waals surface area contributed by atoms with Crippen molar-refractivity contribution in [2.24, 2.45) is 0 Å². The quantitative estimate of drug-likeness (QED) is 0.520. The van der Waals surface area contributed by atoms with E-state index in [-0.39, 0.29) is 5.91 Å². The largest absolute Gasteiger partial charge is 0.375 e. The molecule has 0 radical (unpaired) electrons. The van der Waals surface area contributed by atoms with E-state index in [2.05, 4.69) is 22.8 Å². The van der Waals surface area contributed by atoms with Gasteiger partial charge in [0, 0.05) is 0 Å². The molecular formula is C8H10N2O. The highest BCUT2D eigenvalue weighted by Crippen LogP contribution is 2.15. The SMILES string of the molecule is O=C1CNC2=CCCC=C2N1. The molecule has 1 fully saturated rings. The van der Waals surface area contributed by atoms with Crippen molar-refractivity contribution in [3.8, 4) is 0 Å². The summed E-state index contributed by atoms with van der Waals surface area (Å²) >= 11 is 0. The van der Waals surface area contributed by atoms with Gasteiger partial charge in [-0.1, -0.05) is 12.2 Å². The first-order chi connectivity index (χ1) is 5.36. The van der Waals surface area contributed by atoms with Gasteiger partial charge in [0.25, 0.3) is 0 Å². The van der Waals surface area contributed by atoms with Crippen molar-refractivity contribution in [1.82, 2.24) is 10.6 Å². The lowest BCUT2D eigenvalue weighted by Gasteiger charge is -2.23. The predicted octanol–water partition coefficient (Wildman–Crippen LogP) is 0.267. The third-order valence-electron chi connectivity index (χ3n) is 1.87. The van der Waals surface area contributed by atoms with Crippen LogP contribution < -0.4 is 10.6 Å². The number of carbonyl (C=O) groups is 1. The van der Waals surface area contributed by atoms with Gasteiger partial charge in [-0.25, -0.2) is 0 Å². The number of carbonyl (C=O) groups excluding carboxylic acids is 1. The maximum absolute atomic E-state index is 10.9. The van der Waals surface area contributed by atoms with Crippen molar-refractivity contribution in [3.63, 3.8) is 0 Å². The molecule has 0 atom stereocenters. The molecule has 0 aromatic heterocycles. The molecule has 1 heterocycles. The number of rotatable bonds is 0. The second kappa shape index (κ2) is 2.42. The van der Waals surface area contributed by atoms with Gasteiger partial charge < -0.3 is 10.6 Å². The Hall–Kier alpha value is -1.25. The van der Waals surface area contributed by atoms with E-state index in [1.807, 2.05) is 0 Å². The monoisotopic (exact) mass is 150 g/mol. The normalized spacial score (nSPS) is 22.4. The zero-order chi connectivity index (χ0) is 7.68. The fourth-order valence-electron chi connectivity index (χ4n) is 1.33. The molecule has 3 heteroatoms. The van der Waals surface area contributed by atoms with Crippen LogP contribution in [0.15, 0.2) is 23.5 Å². The van der Waals surface area contributed by atoms with Gasteiger partial charge in [-0.05, 0) is 12.8 Å². The van der Waals surface area contributed by atoms with E-state index in [1.54, 1.807) is 0 Å². The summed E-state index contributed by atoms with van der Waals surface area (Å²) in [5.74, 6) is 0.0512. The summed E-state index contributed by atoms with van der Waals surface area (Å²) in [7, 11) is 0. The van der Waals surface area contributed by atoms with E-state index >= 15 is 0 Å². The average molecular weight is 150 g/mol. The summed E-state index contributed by atoms with van der Waals surface area (Å²) in [5, 5.41) is 5.86. The molecule has 2 aliphatic rings. The van der Waals surface area contributed by atoms with E-state index in [9.17, 15) is 4.79 Å². The number of hydrogen-bond acceptors (Lipinski definition) is 2. The minimum atomic E-state index is 0.0512. The van der Waals surface area contributed by atoms with Crippen LogP contribution in [0.4, 0.5) is 0 Å². The lowest BCUT2D eigenvalue weighted by atomic mass is 10.1. The minimum Gasteiger partial charge on any atom is -0.375 e. The Morgan fingerprint density at radius 2 is 1.91 bits per heavy atom. The number of nitrogens with one attached hydrogen (secondary N) is 2. The summed E-state index contributed by atoms with van der Waals surface area (Å²) in [6.07, 6.45) is 6.27. The van der Waals surface area contributed by atoms with Crippen LogP contribution in [0.1, 0.15) is 12.8 Å². The second-order valence-corrected chi connectivity index (χ2v) is 2.71. The maximum Gasteiger partial charge on any atom is 0.243 e. The van der Waals surface area contributed by atoms with Crippen LogP contribution in [0.5, 0.6) is 0 Å². The van der Waals surface area contributed by atoms with Crippen molar-refractivity contribution >= 4 is 5.91 Å². The van der Waals surface area contributed by atoms with Crippen LogP contribution in [0.2, 0.25) is 0 Å². The third-order valence-corrected chi connectivity index (χ3v) is 1.87. The van der Waals surface area contributed by atoms with Crippen molar-refractivity contribution in [2.75, 3.05) is 6.54 Å². The highest BCUT2D eigenvalue weighted by atomic mass is 16.2. The number of hydrogen-bond donors (Lipinski definition) is 2. The van der Waals surface area contributed by atoms with Gasteiger partial charge in [-0.15, -0.1) is 0 Å². The number of fused-ring (bicyclic) bond motifs is 1. The van der Waals surface area contributed by atoms with E-state index in [0.717, 1.165) is 24.2 Å². The zero-order valence-electron chi connectivity index (χ0n) is 6.18. The van der Waals surface area contributed by atoms with Gasteiger partial charge >= 0.3 is 0 Å². The second-order valence-electron chi connectivity index (χ2n) is 2.71. The Morgan fingerprint density at radius 3 is 2.73 bits per heavy atom. The Kier molecular flexibility index (Phi) is 1.42. The molecule has 0 aromatic carbocycles. The number of allylic oxidation sites excluding steroid dienone is 2. The van der Waals surface area contributed by atoms with Crippen LogP contribution in [0.3, 0.4) is 0 Å². The zero-order valence-corrected chi connectivity index (χ0v) is 6.18. The highest BCUT2D eigenvalue weighted by Gasteiger charge is 2.16. The molecule has 0 unspecified atom stereocenters. The van der Waals surface area contributed by atoms with Crippen molar-refractivity contribution < 1.29 is 4.79 Å². The van der Waals surface area contributed by atoms with E-state index in [1.165, 1.54) is 0 Å². The number of piperazine rings is 1. The molecule has 0 saturated carbocycles. The first-order valence-corrected chi connectivity index (χ1v) is 3.81. The summed E-state index contributed by atoms with van der Waals surface area (Å²) in [6.45, 7) is 0.406. The topological polar surface area (TPSA) is 41.1 Å². The average Bonchev–Trinajstić information content (AvgIpc) is 2.04. The Morgan fingerprint density at radius 1 is 1.18 bits per heavy atom. The van der Waals surface area contributed by atoms with Crippen molar-refractivity contribution in [3.05, 3.63) is 23.5 Å². The fraction of sp³-hybridized carbons (Fsp3) is 0.375. The van der Waals surface area contributed by atoms with Crippen LogP contribution in [0.25, 0.3) is 0 Å². The minimum absolute atomic E-state index is 0.0512. The Bertz CT molecular complexity index is 253. The van der Waals surface area contributed by atoms with Crippen LogP contribution >= 0.6 is 0 Å². The van der Waals surface area contributed by atoms with Crippen molar-refractivity contribution in [1.29, 1.82) is 0 Å². The molecule has 11 heavy (non-hydrogen) atoms. The Labute approximate surface area is 65.2 Å².